The molecule has 0 saturated heterocycles. The number of hydrogen-bond acceptors (Lipinski definition) is 3. The zero-order valence-electron chi connectivity index (χ0n) is 8.20. The van der Waals surface area contributed by atoms with Gasteiger partial charge in [-0.1, -0.05) is 18.5 Å². The Balaban J connectivity index is 2.53. The lowest BCUT2D eigenvalue weighted by Gasteiger charge is -2.15. The van der Waals surface area contributed by atoms with Gasteiger partial charge in [0.15, 0.2) is 0 Å². The largest absolute Gasteiger partial charge is 0.396 e. The van der Waals surface area contributed by atoms with E-state index in [1.165, 1.54) is 0 Å². The van der Waals surface area contributed by atoms with Crippen molar-refractivity contribution in [1.29, 1.82) is 0 Å². The number of nitrogens with one attached hydrogen (secondary N) is 1. The smallest absolute Gasteiger partial charge is 0.126 e. The zero-order chi connectivity index (χ0) is 10.4. The Hall–Kier alpha value is -0.800. The summed E-state index contributed by atoms with van der Waals surface area (Å²) in [4.78, 5) is 4.12. The molecule has 1 atom stereocenters. The molecule has 0 radical (unpaired) electrons. The fourth-order valence-corrected chi connectivity index (χ4v) is 1.32. The summed E-state index contributed by atoms with van der Waals surface area (Å²) in [6, 6.07) is 3.90. The molecule has 1 aromatic heterocycles. The lowest BCUT2D eigenvalue weighted by molar-refractivity contribution is 0.278. The van der Waals surface area contributed by atoms with E-state index in [-0.39, 0.29) is 12.6 Å². The van der Waals surface area contributed by atoms with Gasteiger partial charge in [0.1, 0.15) is 5.82 Å². The number of rotatable bonds is 5. The van der Waals surface area contributed by atoms with Crippen LogP contribution in [-0.2, 0) is 0 Å². The first kappa shape index (κ1) is 11.3. The van der Waals surface area contributed by atoms with Crippen molar-refractivity contribution in [3.05, 3.63) is 23.4 Å². The van der Waals surface area contributed by atoms with E-state index in [1.807, 2.05) is 6.07 Å². The highest BCUT2D eigenvalue weighted by molar-refractivity contribution is 6.30. The first-order chi connectivity index (χ1) is 6.76. The topological polar surface area (TPSA) is 45.1 Å². The lowest BCUT2D eigenvalue weighted by atomic mass is 10.1. The average molecular weight is 215 g/mol. The molecule has 1 unspecified atom stereocenters. The van der Waals surface area contributed by atoms with Crippen LogP contribution in [0, 0.1) is 0 Å². The number of pyridine rings is 1. The normalized spacial score (nSPS) is 12.5. The van der Waals surface area contributed by atoms with Crippen molar-refractivity contribution in [3.63, 3.8) is 0 Å². The lowest BCUT2D eigenvalue weighted by Crippen LogP contribution is -2.20. The molecule has 1 rings (SSSR count). The third kappa shape index (κ3) is 3.52. The maximum Gasteiger partial charge on any atom is 0.126 e. The van der Waals surface area contributed by atoms with Crippen molar-refractivity contribution in [1.82, 2.24) is 4.98 Å². The highest BCUT2D eigenvalue weighted by Crippen LogP contribution is 2.12. The van der Waals surface area contributed by atoms with Gasteiger partial charge in [0.05, 0.1) is 5.02 Å². The Morgan fingerprint density at radius 2 is 2.36 bits per heavy atom. The molecular weight excluding hydrogens is 200 g/mol. The molecule has 4 heteroatoms. The Morgan fingerprint density at radius 1 is 1.57 bits per heavy atom. The van der Waals surface area contributed by atoms with Crippen LogP contribution >= 0.6 is 11.6 Å². The molecule has 0 aliphatic rings. The minimum absolute atomic E-state index is 0.194. The Kier molecular flexibility index (Phi) is 4.70. The molecule has 78 valence electrons. The molecule has 14 heavy (non-hydrogen) atoms. The van der Waals surface area contributed by atoms with Crippen LogP contribution in [0.25, 0.3) is 0 Å². The van der Waals surface area contributed by atoms with Gasteiger partial charge in [-0.3, -0.25) is 0 Å². The van der Waals surface area contributed by atoms with Gasteiger partial charge in [0, 0.05) is 18.8 Å². The van der Waals surface area contributed by atoms with Crippen LogP contribution in [0.15, 0.2) is 18.3 Å². The Bertz CT molecular complexity index is 263. The van der Waals surface area contributed by atoms with E-state index in [0.717, 1.165) is 18.7 Å². The van der Waals surface area contributed by atoms with Crippen molar-refractivity contribution in [3.8, 4) is 0 Å². The predicted octanol–water partition coefficient (Wildman–Crippen LogP) is 2.31. The first-order valence-corrected chi connectivity index (χ1v) is 5.13. The number of aliphatic hydroxyl groups is 1. The number of nitrogens with zero attached hydrogens (tertiary/aromatic N) is 1. The Morgan fingerprint density at radius 3 is 2.86 bits per heavy atom. The van der Waals surface area contributed by atoms with Gasteiger partial charge < -0.3 is 10.4 Å². The predicted molar refractivity (Wildman–Crippen MR) is 58.7 cm³/mol. The van der Waals surface area contributed by atoms with Crippen molar-refractivity contribution >= 4 is 17.4 Å². The summed E-state index contributed by atoms with van der Waals surface area (Å²) in [5.74, 6) is 0.801. The standard InChI is InChI=1S/C10H15ClN2O/c1-2-9(5-6-14)13-10-4-3-8(11)7-12-10/h3-4,7,9,14H,2,5-6H2,1H3,(H,12,13). The highest BCUT2D eigenvalue weighted by atomic mass is 35.5. The second-order valence-corrected chi connectivity index (χ2v) is 3.56. The second-order valence-electron chi connectivity index (χ2n) is 3.12. The number of halogens is 1. The number of hydrogen-bond donors (Lipinski definition) is 2. The Labute approximate surface area is 89.1 Å². The van der Waals surface area contributed by atoms with E-state index in [9.17, 15) is 0 Å². The van der Waals surface area contributed by atoms with Crippen LogP contribution < -0.4 is 5.32 Å². The molecule has 0 aliphatic carbocycles. The van der Waals surface area contributed by atoms with E-state index in [1.54, 1.807) is 12.3 Å². The van der Waals surface area contributed by atoms with Crippen molar-refractivity contribution in [2.75, 3.05) is 11.9 Å². The summed E-state index contributed by atoms with van der Waals surface area (Å²) in [6.07, 6.45) is 3.31. The maximum absolute atomic E-state index is 8.81. The average Bonchev–Trinajstić information content (AvgIpc) is 2.20. The van der Waals surface area contributed by atoms with Gasteiger partial charge in [0.25, 0.3) is 0 Å². The number of aliphatic hydroxyl groups excluding tert-OH is 1. The molecule has 0 bridgehead atoms. The first-order valence-electron chi connectivity index (χ1n) is 4.75. The van der Waals surface area contributed by atoms with Gasteiger partial charge in [-0.15, -0.1) is 0 Å². The third-order valence-electron chi connectivity index (χ3n) is 2.05. The molecule has 3 nitrogen and oxygen atoms in total. The molecular formula is C10H15ClN2O. The summed E-state index contributed by atoms with van der Waals surface area (Å²) in [6.45, 7) is 2.27. The molecule has 2 N–H and O–H groups in total. The summed E-state index contributed by atoms with van der Waals surface area (Å²) < 4.78 is 0. The minimum atomic E-state index is 0.194. The molecule has 0 fully saturated rings. The second kappa shape index (κ2) is 5.83. The van der Waals surface area contributed by atoms with Crippen molar-refractivity contribution in [2.45, 2.75) is 25.8 Å². The monoisotopic (exact) mass is 214 g/mol. The van der Waals surface area contributed by atoms with Crippen LogP contribution in [0.4, 0.5) is 5.82 Å². The number of anilines is 1. The van der Waals surface area contributed by atoms with Crippen LogP contribution in [0.3, 0.4) is 0 Å². The van der Waals surface area contributed by atoms with E-state index < -0.39 is 0 Å². The van der Waals surface area contributed by atoms with Gasteiger partial charge in [-0.2, -0.15) is 0 Å². The van der Waals surface area contributed by atoms with E-state index in [4.69, 9.17) is 16.7 Å². The summed E-state index contributed by atoms with van der Waals surface area (Å²) in [7, 11) is 0. The van der Waals surface area contributed by atoms with Crippen LogP contribution in [-0.4, -0.2) is 22.7 Å². The maximum atomic E-state index is 8.81. The van der Waals surface area contributed by atoms with Crippen LogP contribution in [0.2, 0.25) is 5.02 Å². The molecule has 1 heterocycles. The summed E-state index contributed by atoms with van der Waals surface area (Å²) >= 11 is 5.71. The van der Waals surface area contributed by atoms with E-state index in [2.05, 4.69) is 17.2 Å². The third-order valence-corrected chi connectivity index (χ3v) is 2.27. The molecule has 0 saturated carbocycles. The van der Waals surface area contributed by atoms with Crippen molar-refractivity contribution in [2.24, 2.45) is 0 Å². The SMILES string of the molecule is CCC(CCO)Nc1ccc(Cl)cn1. The van der Waals surface area contributed by atoms with E-state index in [0.29, 0.717) is 5.02 Å². The fourth-order valence-electron chi connectivity index (χ4n) is 1.20. The highest BCUT2D eigenvalue weighted by Gasteiger charge is 2.05. The van der Waals surface area contributed by atoms with Gasteiger partial charge in [0.2, 0.25) is 0 Å². The van der Waals surface area contributed by atoms with Gasteiger partial charge >= 0.3 is 0 Å². The number of aromatic nitrogens is 1. The summed E-state index contributed by atoms with van der Waals surface area (Å²) in [5.41, 5.74) is 0. The minimum Gasteiger partial charge on any atom is -0.396 e. The van der Waals surface area contributed by atoms with Crippen LogP contribution in [0.5, 0.6) is 0 Å². The van der Waals surface area contributed by atoms with Gasteiger partial charge in [-0.25, -0.2) is 4.98 Å². The van der Waals surface area contributed by atoms with Gasteiger partial charge in [-0.05, 0) is 25.0 Å². The van der Waals surface area contributed by atoms with E-state index >= 15 is 0 Å². The van der Waals surface area contributed by atoms with Crippen LogP contribution in [0.1, 0.15) is 19.8 Å². The molecule has 0 aliphatic heterocycles. The molecule has 0 spiro atoms. The fraction of sp³-hybridized carbons (Fsp3) is 0.500. The molecule has 0 aromatic carbocycles. The summed E-state index contributed by atoms with van der Waals surface area (Å²) in [5, 5.41) is 12.7. The zero-order valence-corrected chi connectivity index (χ0v) is 8.96. The van der Waals surface area contributed by atoms with Crippen molar-refractivity contribution < 1.29 is 5.11 Å². The quantitative estimate of drug-likeness (QED) is 0.791. The molecule has 0 amide bonds. The molecule has 1 aromatic rings.